The molecule has 1 aliphatic carbocycles. The third kappa shape index (κ3) is 12.5. The second-order valence-corrected chi connectivity index (χ2v) is 26.5. The number of hydrogen-bond acceptors (Lipinski definition) is 9. The smallest absolute Gasteiger partial charge is 0.344 e. The minimum atomic E-state index is -0.522. The van der Waals surface area contributed by atoms with E-state index in [4.69, 9.17) is 18.9 Å². The Bertz CT molecular complexity index is 3730. The molecule has 0 saturated carbocycles. The van der Waals surface area contributed by atoms with E-state index in [0.29, 0.717) is 77.9 Å². The van der Waals surface area contributed by atoms with Gasteiger partial charge in [0.05, 0.1) is 42.1 Å². The van der Waals surface area contributed by atoms with Gasteiger partial charge in [0, 0.05) is 11.1 Å². The van der Waals surface area contributed by atoms with Crippen LogP contribution < -0.4 is 4.74 Å². The van der Waals surface area contributed by atoms with E-state index < -0.39 is 45.5 Å². The zero-order valence-corrected chi connectivity index (χ0v) is 51.7. The van der Waals surface area contributed by atoms with Crippen LogP contribution >= 0.6 is 0 Å². The second kappa shape index (κ2) is 23.5. The van der Waals surface area contributed by atoms with Crippen LogP contribution in [0.15, 0.2) is 127 Å². The Kier molecular flexibility index (Phi) is 16.9. The van der Waals surface area contributed by atoms with E-state index in [1.165, 1.54) is 0 Å². The van der Waals surface area contributed by atoms with Crippen molar-refractivity contribution in [2.24, 2.45) is 0 Å². The molecule has 0 heterocycles. The van der Waals surface area contributed by atoms with Gasteiger partial charge in [-0.15, -0.1) is 0 Å². The molecule has 9 heteroatoms. The van der Waals surface area contributed by atoms with E-state index in [-0.39, 0.29) is 57.0 Å². The lowest BCUT2D eigenvalue weighted by Crippen LogP contribution is -2.22. The Morgan fingerprint density at radius 3 is 0.917 bits per heavy atom. The molecule has 0 aliphatic heterocycles. The second-order valence-electron chi connectivity index (χ2n) is 26.5. The van der Waals surface area contributed by atoms with Gasteiger partial charge in [0.15, 0.2) is 5.78 Å². The normalized spacial score (nSPS) is 12.9. The number of carbonyl (C=O) groups is 5. The first-order valence-corrected chi connectivity index (χ1v) is 29.5. The maximum absolute atomic E-state index is 16.1. The van der Waals surface area contributed by atoms with Crippen molar-refractivity contribution in [2.45, 2.75) is 151 Å². The molecule has 8 aromatic carbocycles. The van der Waals surface area contributed by atoms with Crippen molar-refractivity contribution >= 4 is 51.2 Å². The fourth-order valence-electron chi connectivity index (χ4n) is 11.6. The molecule has 0 atom stereocenters. The Labute approximate surface area is 496 Å². The van der Waals surface area contributed by atoms with Gasteiger partial charge in [-0.25, -0.2) is 19.2 Å². The predicted octanol–water partition coefficient (Wildman–Crippen LogP) is 16.8. The SMILES string of the molecule is CCOC(=O)c1c2cc(C(C)(C)C)cc1Cc1cc(C(C)(C)C)cc(c1C(=O)OCC)Cc1cc(C(C)(C)C)cc(c1C(=O)c1ccc(OC(=O)c3c4ccccc4cc4ccccc34)cc1)Cc1cc(C(C)(C)C)cc(c1C(=O)OCC)C2. The molecule has 0 radical (unpaired) electrons. The fourth-order valence-corrected chi connectivity index (χ4v) is 11.6. The third-order valence-corrected chi connectivity index (χ3v) is 16.2. The number of ether oxygens (including phenoxy) is 4. The molecule has 0 amide bonds. The summed E-state index contributed by atoms with van der Waals surface area (Å²) < 4.78 is 24.1. The zero-order valence-electron chi connectivity index (χ0n) is 51.7. The Morgan fingerprint density at radius 2 is 0.631 bits per heavy atom. The first-order valence-electron chi connectivity index (χ1n) is 29.5. The van der Waals surface area contributed by atoms with E-state index in [2.05, 4.69) is 138 Å². The highest BCUT2D eigenvalue weighted by Crippen LogP contribution is 2.40. The van der Waals surface area contributed by atoms with Crippen LogP contribution in [0.5, 0.6) is 5.75 Å². The topological polar surface area (TPSA) is 122 Å². The van der Waals surface area contributed by atoms with Crippen LogP contribution in [-0.4, -0.2) is 49.5 Å². The highest BCUT2D eigenvalue weighted by molar-refractivity contribution is 6.17. The molecule has 0 spiro atoms. The highest BCUT2D eigenvalue weighted by atomic mass is 16.5. The minimum absolute atomic E-state index is 0.116. The summed E-state index contributed by atoms with van der Waals surface area (Å²) in [5.41, 5.74) is 9.81. The lowest BCUT2D eigenvalue weighted by atomic mass is 9.76. The molecule has 0 aromatic heterocycles. The number of esters is 4. The molecule has 0 saturated heterocycles. The average Bonchev–Trinajstić information content (AvgIpc) is 1.38. The third-order valence-electron chi connectivity index (χ3n) is 16.2. The van der Waals surface area contributed by atoms with Gasteiger partial charge in [0.25, 0.3) is 0 Å². The van der Waals surface area contributed by atoms with Crippen molar-refractivity contribution in [2.75, 3.05) is 19.8 Å². The molecule has 9 nitrogen and oxygen atoms in total. The van der Waals surface area contributed by atoms with Crippen molar-refractivity contribution in [1.29, 1.82) is 0 Å². The molecular formula is C75H80O9. The molecule has 84 heavy (non-hydrogen) atoms. The highest BCUT2D eigenvalue weighted by Gasteiger charge is 2.33. The summed E-state index contributed by atoms with van der Waals surface area (Å²) in [5, 5.41) is 3.36. The molecule has 8 bridgehead atoms. The Hall–Kier alpha value is -8.17. The number of fused-ring (bicyclic) bond motifs is 10. The summed E-state index contributed by atoms with van der Waals surface area (Å²) in [7, 11) is 0. The van der Waals surface area contributed by atoms with E-state index in [1.54, 1.807) is 45.0 Å². The van der Waals surface area contributed by atoms with Crippen LogP contribution in [0.3, 0.4) is 0 Å². The van der Waals surface area contributed by atoms with Crippen molar-refractivity contribution in [3.8, 4) is 5.75 Å². The number of ketones is 1. The summed E-state index contributed by atoms with van der Waals surface area (Å²) in [6, 6.07) is 40.8. The number of rotatable bonds is 10. The summed E-state index contributed by atoms with van der Waals surface area (Å²) in [6.45, 7) is 31.3. The van der Waals surface area contributed by atoms with Gasteiger partial charge in [-0.05, 0) is 187 Å². The van der Waals surface area contributed by atoms with Gasteiger partial charge < -0.3 is 18.9 Å². The zero-order chi connectivity index (χ0) is 60.8. The van der Waals surface area contributed by atoms with Gasteiger partial charge in [-0.1, -0.05) is 180 Å². The van der Waals surface area contributed by atoms with E-state index in [0.717, 1.165) is 43.8 Å². The Morgan fingerprint density at radius 1 is 0.345 bits per heavy atom. The van der Waals surface area contributed by atoms with Crippen LogP contribution in [0.2, 0.25) is 0 Å². The van der Waals surface area contributed by atoms with E-state index in [1.807, 2.05) is 48.5 Å². The summed E-state index contributed by atoms with van der Waals surface area (Å²) >= 11 is 0. The standard InChI is InChI=1S/C75H80O9/c1-16-81-68(77)63-49-32-47-36-55(72(4,5)6)37-48(62(47)67(76)44-27-29-59(30-28-44)84-71(80)66-60-25-21-19-23-45(60)31-46-24-20-22-26-61(46)66)33-50-39-57(74(10,11)12)41-52(64(50)69(78)82-17-2)35-54-43-58(75(13,14)15)42-53(65(54)70(79)83-18-3)34-51(63)40-56(38-49)73(7,8)9/h19-31,36-43H,16-18,32-35H2,1-15H3. The van der Waals surface area contributed by atoms with Crippen LogP contribution in [-0.2, 0) is 61.6 Å². The molecule has 0 fully saturated rings. The van der Waals surface area contributed by atoms with Crippen LogP contribution in [0.1, 0.15) is 228 Å². The summed E-state index contributed by atoms with van der Waals surface area (Å²) in [5.74, 6) is -2.08. The van der Waals surface area contributed by atoms with Gasteiger partial charge in [0.1, 0.15) is 5.75 Å². The number of carbonyl (C=O) groups excluding carboxylic acids is 5. The maximum Gasteiger partial charge on any atom is 0.344 e. The lowest BCUT2D eigenvalue weighted by molar-refractivity contribution is 0.0514. The number of benzene rings is 8. The monoisotopic (exact) mass is 1120 g/mol. The van der Waals surface area contributed by atoms with Gasteiger partial charge >= 0.3 is 23.9 Å². The lowest BCUT2D eigenvalue weighted by Gasteiger charge is -2.29. The summed E-state index contributed by atoms with van der Waals surface area (Å²) in [6.07, 6.45) is 0.573. The maximum atomic E-state index is 16.1. The van der Waals surface area contributed by atoms with Crippen molar-refractivity contribution in [3.05, 3.63) is 228 Å². The van der Waals surface area contributed by atoms with Gasteiger partial charge in [0.2, 0.25) is 0 Å². The predicted molar refractivity (Wildman–Crippen MR) is 336 cm³/mol. The first kappa shape index (κ1) is 60.4. The first-order chi connectivity index (χ1) is 39.6. The molecule has 0 N–H and O–H groups in total. The van der Waals surface area contributed by atoms with Crippen molar-refractivity contribution in [1.82, 2.24) is 0 Å². The molecule has 434 valence electrons. The Balaban J connectivity index is 1.34. The van der Waals surface area contributed by atoms with Gasteiger partial charge in [-0.3, -0.25) is 4.79 Å². The largest absolute Gasteiger partial charge is 0.462 e. The molecule has 1 aliphatic rings. The quantitative estimate of drug-likeness (QED) is 0.0433. The fraction of sp³-hybridized carbons (Fsp3) is 0.347. The average molecular weight is 1130 g/mol. The molecule has 9 rings (SSSR count). The van der Waals surface area contributed by atoms with Crippen LogP contribution in [0.25, 0.3) is 21.5 Å². The van der Waals surface area contributed by atoms with Crippen molar-refractivity contribution in [3.63, 3.8) is 0 Å². The van der Waals surface area contributed by atoms with Crippen LogP contribution in [0.4, 0.5) is 0 Å². The van der Waals surface area contributed by atoms with Gasteiger partial charge in [-0.2, -0.15) is 0 Å². The van der Waals surface area contributed by atoms with E-state index in [9.17, 15) is 19.2 Å². The van der Waals surface area contributed by atoms with Crippen molar-refractivity contribution < 1.29 is 42.9 Å². The summed E-state index contributed by atoms with van der Waals surface area (Å²) in [4.78, 5) is 75.3. The molecular weight excluding hydrogens is 1040 g/mol. The number of hydrogen-bond donors (Lipinski definition) is 0. The van der Waals surface area contributed by atoms with E-state index >= 15 is 4.79 Å². The molecule has 8 aromatic rings. The van der Waals surface area contributed by atoms with Crippen LogP contribution in [0, 0.1) is 0 Å². The minimum Gasteiger partial charge on any atom is -0.462 e. The molecule has 0 unspecified atom stereocenters.